The van der Waals surface area contributed by atoms with Crippen molar-refractivity contribution in [3.05, 3.63) is 36.0 Å². The lowest BCUT2D eigenvalue weighted by Crippen LogP contribution is -1.82. The summed E-state index contributed by atoms with van der Waals surface area (Å²) < 4.78 is 2.13. The van der Waals surface area contributed by atoms with E-state index in [2.05, 4.69) is 49.0 Å². The van der Waals surface area contributed by atoms with E-state index in [4.69, 9.17) is 0 Å². The number of benzene rings is 1. The molecule has 1 heterocycles. The molecule has 0 bridgehead atoms. The molecule has 1 aromatic carbocycles. The van der Waals surface area contributed by atoms with Gasteiger partial charge in [0.05, 0.1) is 0 Å². The number of nitrogens with zero attached hydrogens (tertiary/aromatic N) is 1. The second kappa shape index (κ2) is 2.12. The van der Waals surface area contributed by atoms with Crippen LogP contribution >= 0.6 is 0 Å². The minimum absolute atomic E-state index is 1.30. The summed E-state index contributed by atoms with van der Waals surface area (Å²) in [6.07, 6.45) is 2.09. The standard InChI is InChI=1S/C10H11N/c1-8-3-4-10-9(7-8)5-6-11(10)2/h3-7H,1-2H3. The zero-order valence-corrected chi connectivity index (χ0v) is 6.83. The summed E-state index contributed by atoms with van der Waals surface area (Å²) in [5.74, 6) is 0. The third kappa shape index (κ3) is 0.929. The molecule has 0 saturated carbocycles. The zero-order chi connectivity index (χ0) is 7.84. The Morgan fingerprint density at radius 3 is 2.82 bits per heavy atom. The molecule has 0 fully saturated rings. The fraction of sp³-hybridized carbons (Fsp3) is 0.200. The maximum Gasteiger partial charge on any atom is 0.0477 e. The Bertz CT molecular complexity index is 385. The Morgan fingerprint density at radius 1 is 1.18 bits per heavy atom. The summed E-state index contributed by atoms with van der Waals surface area (Å²) in [5, 5.41) is 1.33. The van der Waals surface area contributed by atoms with Gasteiger partial charge in [-0.1, -0.05) is 11.6 Å². The smallest absolute Gasteiger partial charge is 0.0477 e. The first-order valence-electron chi connectivity index (χ1n) is 3.79. The Labute approximate surface area is 66.3 Å². The summed E-state index contributed by atoms with van der Waals surface area (Å²) in [6, 6.07) is 8.64. The highest BCUT2D eigenvalue weighted by Crippen LogP contribution is 2.15. The van der Waals surface area contributed by atoms with Gasteiger partial charge in [-0.3, -0.25) is 0 Å². The Hall–Kier alpha value is -1.24. The Balaban J connectivity index is 2.86. The lowest BCUT2D eigenvalue weighted by Gasteiger charge is -1.95. The average molecular weight is 145 g/mol. The van der Waals surface area contributed by atoms with Crippen molar-refractivity contribution in [2.45, 2.75) is 6.92 Å². The highest BCUT2D eigenvalue weighted by molar-refractivity contribution is 5.80. The van der Waals surface area contributed by atoms with Gasteiger partial charge in [-0.2, -0.15) is 0 Å². The summed E-state index contributed by atoms with van der Waals surface area (Å²) in [5.41, 5.74) is 2.62. The first kappa shape index (κ1) is 6.47. The Kier molecular flexibility index (Phi) is 1.25. The zero-order valence-electron chi connectivity index (χ0n) is 6.83. The van der Waals surface area contributed by atoms with Crippen LogP contribution in [-0.4, -0.2) is 4.57 Å². The summed E-state index contributed by atoms with van der Waals surface area (Å²) >= 11 is 0. The second-order valence-corrected chi connectivity index (χ2v) is 2.99. The van der Waals surface area contributed by atoms with Crippen LogP contribution < -0.4 is 0 Å². The third-order valence-electron chi connectivity index (χ3n) is 2.04. The van der Waals surface area contributed by atoms with E-state index in [0.29, 0.717) is 0 Å². The number of aryl methyl sites for hydroxylation is 2. The Morgan fingerprint density at radius 2 is 2.00 bits per heavy atom. The molecule has 11 heavy (non-hydrogen) atoms. The molecule has 0 aliphatic heterocycles. The first-order valence-corrected chi connectivity index (χ1v) is 3.79. The topological polar surface area (TPSA) is 4.93 Å². The normalized spacial score (nSPS) is 10.7. The number of aromatic nitrogens is 1. The molecule has 0 aliphatic rings. The van der Waals surface area contributed by atoms with Crippen molar-refractivity contribution in [1.29, 1.82) is 0 Å². The molecule has 56 valence electrons. The third-order valence-corrected chi connectivity index (χ3v) is 2.04. The number of rotatable bonds is 0. The maximum absolute atomic E-state index is 2.20. The van der Waals surface area contributed by atoms with Crippen LogP contribution in [0, 0.1) is 6.92 Å². The van der Waals surface area contributed by atoms with E-state index in [1.54, 1.807) is 0 Å². The number of fused-ring (bicyclic) bond motifs is 1. The highest BCUT2D eigenvalue weighted by Gasteiger charge is 1.95. The molecule has 1 nitrogen and oxygen atoms in total. The minimum Gasteiger partial charge on any atom is -0.351 e. The van der Waals surface area contributed by atoms with Gasteiger partial charge in [-0.25, -0.2) is 0 Å². The maximum atomic E-state index is 2.20. The molecule has 0 amide bonds. The fourth-order valence-corrected chi connectivity index (χ4v) is 1.40. The SMILES string of the molecule is Cc1ccc2c(ccn2C)c1. The van der Waals surface area contributed by atoms with Gasteiger partial charge in [-0.05, 0) is 30.5 Å². The number of hydrogen-bond acceptors (Lipinski definition) is 0. The molecule has 2 rings (SSSR count). The van der Waals surface area contributed by atoms with Crippen LogP contribution in [0.25, 0.3) is 10.9 Å². The lowest BCUT2D eigenvalue weighted by molar-refractivity contribution is 0.969. The average Bonchev–Trinajstić information content (AvgIpc) is 2.32. The molecule has 0 radical (unpaired) electrons. The predicted octanol–water partition coefficient (Wildman–Crippen LogP) is 2.49. The van der Waals surface area contributed by atoms with Crippen molar-refractivity contribution in [3.63, 3.8) is 0 Å². The van der Waals surface area contributed by atoms with Gasteiger partial charge in [0.15, 0.2) is 0 Å². The quantitative estimate of drug-likeness (QED) is 0.536. The van der Waals surface area contributed by atoms with Crippen LogP contribution in [0.5, 0.6) is 0 Å². The van der Waals surface area contributed by atoms with Crippen molar-refractivity contribution in [2.75, 3.05) is 0 Å². The molecular formula is C10H11N. The number of hydrogen-bond donors (Lipinski definition) is 0. The molecule has 0 unspecified atom stereocenters. The molecule has 2 aromatic rings. The summed E-state index contributed by atoms with van der Waals surface area (Å²) in [4.78, 5) is 0. The van der Waals surface area contributed by atoms with Gasteiger partial charge in [0.25, 0.3) is 0 Å². The van der Waals surface area contributed by atoms with Crippen LogP contribution in [0.4, 0.5) is 0 Å². The molecule has 0 spiro atoms. The minimum atomic E-state index is 1.30. The lowest BCUT2D eigenvalue weighted by atomic mass is 10.2. The van der Waals surface area contributed by atoms with Crippen LogP contribution in [0.2, 0.25) is 0 Å². The fourth-order valence-electron chi connectivity index (χ4n) is 1.40. The van der Waals surface area contributed by atoms with Gasteiger partial charge >= 0.3 is 0 Å². The summed E-state index contributed by atoms with van der Waals surface area (Å²) in [6.45, 7) is 2.12. The largest absolute Gasteiger partial charge is 0.351 e. The van der Waals surface area contributed by atoms with E-state index in [0.717, 1.165) is 0 Å². The van der Waals surface area contributed by atoms with Gasteiger partial charge in [0, 0.05) is 18.8 Å². The molecule has 0 N–H and O–H groups in total. The van der Waals surface area contributed by atoms with E-state index in [9.17, 15) is 0 Å². The predicted molar refractivity (Wildman–Crippen MR) is 47.7 cm³/mol. The van der Waals surface area contributed by atoms with Gasteiger partial charge in [0.2, 0.25) is 0 Å². The van der Waals surface area contributed by atoms with Crippen LogP contribution in [-0.2, 0) is 7.05 Å². The molecule has 0 atom stereocenters. The van der Waals surface area contributed by atoms with Crippen LogP contribution in [0.1, 0.15) is 5.56 Å². The molecule has 0 aliphatic carbocycles. The monoisotopic (exact) mass is 145 g/mol. The van der Waals surface area contributed by atoms with Crippen molar-refractivity contribution in [2.24, 2.45) is 7.05 Å². The molecule has 1 aromatic heterocycles. The van der Waals surface area contributed by atoms with Gasteiger partial charge < -0.3 is 4.57 Å². The van der Waals surface area contributed by atoms with E-state index < -0.39 is 0 Å². The van der Waals surface area contributed by atoms with Crippen LogP contribution in [0.15, 0.2) is 30.5 Å². The van der Waals surface area contributed by atoms with Crippen molar-refractivity contribution < 1.29 is 0 Å². The van der Waals surface area contributed by atoms with Crippen LogP contribution in [0.3, 0.4) is 0 Å². The van der Waals surface area contributed by atoms with E-state index >= 15 is 0 Å². The van der Waals surface area contributed by atoms with Gasteiger partial charge in [-0.15, -0.1) is 0 Å². The summed E-state index contributed by atoms with van der Waals surface area (Å²) in [7, 11) is 2.07. The molecular weight excluding hydrogens is 134 g/mol. The van der Waals surface area contributed by atoms with E-state index in [1.807, 2.05) is 0 Å². The molecule has 0 saturated heterocycles. The van der Waals surface area contributed by atoms with Gasteiger partial charge in [0.1, 0.15) is 0 Å². The van der Waals surface area contributed by atoms with Crippen molar-refractivity contribution >= 4 is 10.9 Å². The second-order valence-electron chi connectivity index (χ2n) is 2.99. The van der Waals surface area contributed by atoms with Crippen molar-refractivity contribution in [1.82, 2.24) is 4.57 Å². The van der Waals surface area contributed by atoms with E-state index in [-0.39, 0.29) is 0 Å². The van der Waals surface area contributed by atoms with Crippen molar-refractivity contribution in [3.8, 4) is 0 Å². The first-order chi connectivity index (χ1) is 5.27. The molecule has 1 heteroatoms. The highest BCUT2D eigenvalue weighted by atomic mass is 14.9. The van der Waals surface area contributed by atoms with E-state index in [1.165, 1.54) is 16.5 Å².